The van der Waals surface area contributed by atoms with E-state index in [2.05, 4.69) is 15.3 Å². The van der Waals surface area contributed by atoms with Crippen molar-refractivity contribution in [1.82, 2.24) is 9.97 Å². The van der Waals surface area contributed by atoms with Gasteiger partial charge in [0.05, 0.1) is 11.8 Å². The first kappa shape index (κ1) is 15.7. The summed E-state index contributed by atoms with van der Waals surface area (Å²) in [6.45, 7) is 0. The van der Waals surface area contributed by atoms with Crippen LogP contribution >= 0.6 is 11.8 Å². The molecule has 1 unspecified atom stereocenters. The van der Waals surface area contributed by atoms with Gasteiger partial charge in [0.15, 0.2) is 11.7 Å². The van der Waals surface area contributed by atoms with Crippen LogP contribution in [0.25, 0.3) is 0 Å². The van der Waals surface area contributed by atoms with Crippen LogP contribution in [0.2, 0.25) is 0 Å². The lowest BCUT2D eigenvalue weighted by atomic mass is 10.1. The monoisotopic (exact) mass is 312 g/mol. The van der Waals surface area contributed by atoms with Gasteiger partial charge < -0.3 is 5.32 Å². The molecule has 0 radical (unpaired) electrons. The zero-order chi connectivity index (χ0) is 15.8. The molecular weight excluding hydrogens is 300 g/mol. The molecule has 1 atom stereocenters. The Morgan fingerprint density at radius 2 is 2.00 bits per heavy atom. The van der Waals surface area contributed by atoms with Crippen LogP contribution in [-0.2, 0) is 9.59 Å². The number of pyridine rings is 2. The molecule has 2 rings (SSSR count). The zero-order valence-corrected chi connectivity index (χ0v) is 12.3. The van der Waals surface area contributed by atoms with E-state index >= 15 is 0 Å². The first-order valence-corrected chi connectivity index (χ1v) is 7.36. The number of hydrogen-bond acceptors (Lipinski definition) is 6. The smallest absolute Gasteiger partial charge is 0.250 e. The van der Waals surface area contributed by atoms with Gasteiger partial charge in [0.25, 0.3) is 5.91 Å². The number of nitrogens with zero attached hydrogens (tertiary/aromatic N) is 3. The summed E-state index contributed by atoms with van der Waals surface area (Å²) in [4.78, 5) is 32.7. The predicted molar refractivity (Wildman–Crippen MR) is 81.9 cm³/mol. The molecule has 0 aromatic carbocycles. The van der Waals surface area contributed by atoms with Crippen molar-refractivity contribution in [2.24, 2.45) is 5.92 Å². The molecular formula is C15H12N4O2S. The Kier molecular flexibility index (Phi) is 5.63. The number of nitrogens with one attached hydrogen (secondary N) is 1. The number of hydrogen-bond donors (Lipinski definition) is 1. The van der Waals surface area contributed by atoms with Crippen LogP contribution in [0.1, 0.15) is 0 Å². The Morgan fingerprint density at radius 1 is 1.23 bits per heavy atom. The number of aromatic nitrogens is 2. The van der Waals surface area contributed by atoms with Crippen molar-refractivity contribution in [3.05, 3.63) is 48.9 Å². The van der Waals surface area contributed by atoms with E-state index in [0.29, 0.717) is 5.82 Å². The van der Waals surface area contributed by atoms with Gasteiger partial charge in [-0.1, -0.05) is 6.07 Å². The zero-order valence-electron chi connectivity index (χ0n) is 11.5. The van der Waals surface area contributed by atoms with Gasteiger partial charge in [-0.25, -0.2) is 4.98 Å². The fourth-order valence-corrected chi connectivity index (χ4v) is 2.37. The van der Waals surface area contributed by atoms with Gasteiger partial charge in [-0.15, -0.1) is 11.8 Å². The fourth-order valence-electron chi connectivity index (χ4n) is 1.58. The highest BCUT2D eigenvalue weighted by molar-refractivity contribution is 8.00. The minimum absolute atomic E-state index is 0.0396. The molecule has 0 bridgehead atoms. The molecule has 0 saturated heterocycles. The van der Waals surface area contributed by atoms with E-state index < -0.39 is 17.6 Å². The maximum atomic E-state index is 12.0. The van der Waals surface area contributed by atoms with Gasteiger partial charge in [0.1, 0.15) is 5.82 Å². The van der Waals surface area contributed by atoms with E-state index in [0.717, 1.165) is 4.90 Å². The van der Waals surface area contributed by atoms with Crippen molar-refractivity contribution in [3.8, 4) is 6.07 Å². The van der Waals surface area contributed by atoms with Crippen LogP contribution in [0.5, 0.6) is 0 Å². The largest absolute Gasteiger partial charge is 0.309 e. The van der Waals surface area contributed by atoms with Gasteiger partial charge in [0, 0.05) is 23.5 Å². The first-order valence-electron chi connectivity index (χ1n) is 6.38. The Bertz CT molecular complexity index is 686. The number of anilines is 1. The van der Waals surface area contributed by atoms with Crippen LogP contribution in [0, 0.1) is 17.2 Å². The topological polar surface area (TPSA) is 95.7 Å². The first-order chi connectivity index (χ1) is 10.7. The number of Topliss-reactive ketones (excluding diaryl/α,β-unsaturated/α-hetero) is 1. The highest BCUT2D eigenvalue weighted by atomic mass is 32.2. The molecule has 6 nitrogen and oxygen atoms in total. The molecule has 22 heavy (non-hydrogen) atoms. The molecule has 1 N–H and O–H groups in total. The number of carbonyl (C=O) groups excluding carboxylic acids is 2. The SMILES string of the molecule is N#CC(C(=O)CSc1ccncc1)C(=O)Nc1ccccn1. The fraction of sp³-hybridized carbons (Fsp3) is 0.133. The highest BCUT2D eigenvalue weighted by Crippen LogP contribution is 2.18. The molecule has 0 spiro atoms. The lowest BCUT2D eigenvalue weighted by molar-refractivity contribution is -0.127. The average molecular weight is 312 g/mol. The van der Waals surface area contributed by atoms with Crippen molar-refractivity contribution in [2.75, 3.05) is 11.1 Å². The third-order valence-corrected chi connectivity index (χ3v) is 3.69. The third-order valence-electron chi connectivity index (χ3n) is 2.66. The minimum atomic E-state index is -1.35. The maximum absolute atomic E-state index is 12.0. The summed E-state index contributed by atoms with van der Waals surface area (Å²) in [5.41, 5.74) is 0. The summed E-state index contributed by atoms with van der Waals surface area (Å²) >= 11 is 1.26. The summed E-state index contributed by atoms with van der Waals surface area (Å²) < 4.78 is 0. The summed E-state index contributed by atoms with van der Waals surface area (Å²) in [6, 6.07) is 10.2. The molecule has 0 saturated carbocycles. The van der Waals surface area contributed by atoms with Crippen molar-refractivity contribution < 1.29 is 9.59 Å². The molecule has 2 heterocycles. The van der Waals surface area contributed by atoms with Gasteiger partial charge in [0.2, 0.25) is 0 Å². The average Bonchev–Trinajstić information content (AvgIpc) is 2.55. The lowest BCUT2D eigenvalue weighted by Gasteiger charge is -2.08. The number of nitriles is 1. The predicted octanol–water partition coefficient (Wildman–Crippen LogP) is 1.92. The Labute approximate surface area is 131 Å². The highest BCUT2D eigenvalue weighted by Gasteiger charge is 2.26. The third kappa shape index (κ3) is 4.40. The maximum Gasteiger partial charge on any atom is 0.250 e. The number of carbonyl (C=O) groups is 2. The number of amides is 1. The summed E-state index contributed by atoms with van der Waals surface area (Å²) in [5, 5.41) is 11.5. The molecule has 0 fully saturated rings. The normalized spacial score (nSPS) is 11.2. The van der Waals surface area contributed by atoms with E-state index in [1.807, 2.05) is 0 Å². The van der Waals surface area contributed by atoms with Crippen LogP contribution in [-0.4, -0.2) is 27.4 Å². The summed E-state index contributed by atoms with van der Waals surface area (Å²) in [5.74, 6) is -2.12. The number of ketones is 1. The van der Waals surface area contributed by atoms with E-state index in [9.17, 15) is 9.59 Å². The van der Waals surface area contributed by atoms with E-state index in [-0.39, 0.29) is 5.75 Å². The molecule has 2 aromatic rings. The lowest BCUT2D eigenvalue weighted by Crippen LogP contribution is -2.30. The molecule has 2 aromatic heterocycles. The van der Waals surface area contributed by atoms with Crippen molar-refractivity contribution >= 4 is 29.3 Å². The van der Waals surface area contributed by atoms with Crippen LogP contribution in [0.3, 0.4) is 0 Å². The molecule has 0 aliphatic carbocycles. The summed E-state index contributed by atoms with van der Waals surface area (Å²) in [6.07, 6.45) is 4.74. The Hall–Kier alpha value is -2.72. The quantitative estimate of drug-likeness (QED) is 0.646. The van der Waals surface area contributed by atoms with Crippen molar-refractivity contribution in [3.63, 3.8) is 0 Å². The van der Waals surface area contributed by atoms with Crippen LogP contribution in [0.15, 0.2) is 53.8 Å². The van der Waals surface area contributed by atoms with Gasteiger partial charge in [-0.2, -0.15) is 5.26 Å². The second-order valence-corrected chi connectivity index (χ2v) is 5.25. The van der Waals surface area contributed by atoms with Gasteiger partial charge >= 0.3 is 0 Å². The Morgan fingerprint density at radius 3 is 2.64 bits per heavy atom. The van der Waals surface area contributed by atoms with Crippen LogP contribution < -0.4 is 5.32 Å². The molecule has 7 heteroatoms. The number of rotatable bonds is 6. The van der Waals surface area contributed by atoms with Crippen molar-refractivity contribution in [1.29, 1.82) is 5.26 Å². The number of thioether (sulfide) groups is 1. The van der Waals surface area contributed by atoms with E-state index in [4.69, 9.17) is 5.26 Å². The van der Waals surface area contributed by atoms with E-state index in [1.54, 1.807) is 48.8 Å². The second kappa shape index (κ2) is 7.90. The molecule has 0 aliphatic heterocycles. The standard InChI is InChI=1S/C15H12N4O2S/c16-9-12(15(21)19-14-3-1-2-6-18-14)13(20)10-22-11-4-7-17-8-5-11/h1-8,12H,10H2,(H,18,19,21). The van der Waals surface area contributed by atoms with Gasteiger partial charge in [-0.3, -0.25) is 14.6 Å². The van der Waals surface area contributed by atoms with Gasteiger partial charge in [-0.05, 0) is 24.3 Å². The molecule has 1 amide bonds. The minimum Gasteiger partial charge on any atom is -0.309 e. The van der Waals surface area contributed by atoms with Crippen molar-refractivity contribution in [2.45, 2.75) is 4.90 Å². The second-order valence-electron chi connectivity index (χ2n) is 4.20. The Balaban J connectivity index is 1.94. The van der Waals surface area contributed by atoms with Crippen LogP contribution in [0.4, 0.5) is 5.82 Å². The molecule has 0 aliphatic rings. The summed E-state index contributed by atoms with van der Waals surface area (Å²) in [7, 11) is 0. The van der Waals surface area contributed by atoms with E-state index in [1.165, 1.54) is 18.0 Å². The molecule has 110 valence electrons.